The molecule has 7 nitrogen and oxygen atoms in total. The molecule has 0 N–H and O–H groups in total. The highest BCUT2D eigenvalue weighted by atomic mass is 19.4. The Morgan fingerprint density at radius 1 is 1.15 bits per heavy atom. The first-order chi connectivity index (χ1) is 15.7. The highest BCUT2D eigenvalue weighted by molar-refractivity contribution is 5.84. The predicted octanol–water partition coefficient (Wildman–Crippen LogP) is 4.81. The monoisotopic (exact) mass is 454 g/mol. The van der Waals surface area contributed by atoms with Gasteiger partial charge in [0.05, 0.1) is 35.4 Å². The third kappa shape index (κ3) is 4.53. The summed E-state index contributed by atoms with van der Waals surface area (Å²) in [6.07, 6.45) is -2.58. The fraction of sp³-hybridized carbons (Fsp3) is 0.304. The molecular weight excluding hydrogens is 433 g/mol. The van der Waals surface area contributed by atoms with Crippen molar-refractivity contribution in [3.63, 3.8) is 0 Å². The fourth-order valence-electron chi connectivity index (χ4n) is 3.69. The molecular formula is C23H21F3N6O. The van der Waals surface area contributed by atoms with Crippen LogP contribution in [-0.2, 0) is 19.8 Å². The maximum Gasteiger partial charge on any atom is 0.419 e. The second kappa shape index (κ2) is 8.58. The van der Waals surface area contributed by atoms with Gasteiger partial charge in [0.15, 0.2) is 5.69 Å². The Morgan fingerprint density at radius 2 is 1.94 bits per heavy atom. The molecule has 0 saturated heterocycles. The van der Waals surface area contributed by atoms with Crippen LogP contribution in [0.2, 0.25) is 0 Å². The molecule has 10 heteroatoms. The first-order valence-corrected chi connectivity index (χ1v) is 10.2. The van der Waals surface area contributed by atoms with Gasteiger partial charge in [0.2, 0.25) is 0 Å². The van der Waals surface area contributed by atoms with Crippen LogP contribution in [0.15, 0.2) is 36.7 Å². The van der Waals surface area contributed by atoms with Crippen LogP contribution >= 0.6 is 0 Å². The van der Waals surface area contributed by atoms with Crippen molar-refractivity contribution in [2.45, 2.75) is 33.0 Å². The molecule has 4 rings (SSSR count). The number of ether oxygens (including phenoxy) is 1. The van der Waals surface area contributed by atoms with Crippen LogP contribution in [0.1, 0.15) is 29.1 Å². The number of hydrogen-bond donors (Lipinski definition) is 0. The zero-order chi connectivity index (χ0) is 23.8. The van der Waals surface area contributed by atoms with Gasteiger partial charge in [-0.05, 0) is 44.2 Å². The normalized spacial score (nSPS) is 11.7. The van der Waals surface area contributed by atoms with Gasteiger partial charge in [-0.3, -0.25) is 4.68 Å². The van der Waals surface area contributed by atoms with Crippen molar-refractivity contribution in [1.29, 1.82) is 5.26 Å². The number of aryl methyl sites for hydroxylation is 4. The number of pyridine rings is 1. The minimum atomic E-state index is -4.62. The van der Waals surface area contributed by atoms with Crippen LogP contribution in [0.5, 0.6) is 5.75 Å². The van der Waals surface area contributed by atoms with E-state index >= 15 is 0 Å². The molecule has 0 aliphatic rings. The summed E-state index contributed by atoms with van der Waals surface area (Å²) in [6, 6.07) is 9.33. The van der Waals surface area contributed by atoms with Crippen molar-refractivity contribution < 1.29 is 17.9 Å². The molecule has 1 aromatic carbocycles. The summed E-state index contributed by atoms with van der Waals surface area (Å²) in [5, 5.41) is 13.7. The van der Waals surface area contributed by atoms with Crippen molar-refractivity contribution in [1.82, 2.24) is 24.3 Å². The van der Waals surface area contributed by atoms with E-state index in [0.717, 1.165) is 17.5 Å². The van der Waals surface area contributed by atoms with E-state index in [1.54, 1.807) is 22.4 Å². The number of fused-ring (bicyclic) bond motifs is 1. The number of imidazole rings is 1. The number of nitriles is 1. The van der Waals surface area contributed by atoms with Crippen molar-refractivity contribution in [2.24, 2.45) is 7.05 Å². The number of alkyl halides is 3. The van der Waals surface area contributed by atoms with Gasteiger partial charge < -0.3 is 9.30 Å². The van der Waals surface area contributed by atoms with Gasteiger partial charge in [0.25, 0.3) is 0 Å². The third-order valence-corrected chi connectivity index (χ3v) is 5.27. The number of halogens is 3. The minimum absolute atomic E-state index is 0.0566. The Labute approximate surface area is 188 Å². The molecule has 0 unspecified atom stereocenters. The second-order valence-corrected chi connectivity index (χ2v) is 7.75. The van der Waals surface area contributed by atoms with Gasteiger partial charge in [0, 0.05) is 31.3 Å². The summed E-state index contributed by atoms with van der Waals surface area (Å²) >= 11 is 0. The molecule has 170 valence electrons. The van der Waals surface area contributed by atoms with E-state index in [2.05, 4.69) is 15.1 Å². The van der Waals surface area contributed by atoms with Gasteiger partial charge >= 0.3 is 6.18 Å². The van der Waals surface area contributed by atoms with E-state index in [4.69, 9.17) is 4.74 Å². The lowest BCUT2D eigenvalue weighted by molar-refractivity contribution is -0.138. The summed E-state index contributed by atoms with van der Waals surface area (Å²) in [7, 11) is 1.74. The lowest BCUT2D eigenvalue weighted by atomic mass is 10.1. The lowest BCUT2D eigenvalue weighted by Gasteiger charge is -2.16. The molecule has 3 aromatic heterocycles. The zero-order valence-corrected chi connectivity index (χ0v) is 18.3. The summed E-state index contributed by atoms with van der Waals surface area (Å²) in [5.41, 5.74) is 2.54. The number of rotatable bonds is 6. The summed E-state index contributed by atoms with van der Waals surface area (Å²) < 4.78 is 50.4. The molecule has 0 spiro atoms. The van der Waals surface area contributed by atoms with Gasteiger partial charge in [-0.25, -0.2) is 9.97 Å². The van der Waals surface area contributed by atoms with E-state index in [-0.39, 0.29) is 29.3 Å². The topological polar surface area (TPSA) is 81.5 Å². The highest BCUT2D eigenvalue weighted by Crippen LogP contribution is 2.39. The van der Waals surface area contributed by atoms with Crippen LogP contribution in [0.4, 0.5) is 13.2 Å². The van der Waals surface area contributed by atoms with Gasteiger partial charge in [-0.1, -0.05) is 0 Å². The average Bonchev–Trinajstić information content (AvgIpc) is 3.30. The Kier molecular flexibility index (Phi) is 5.80. The molecule has 0 atom stereocenters. The van der Waals surface area contributed by atoms with Crippen molar-refractivity contribution in [2.75, 3.05) is 6.61 Å². The molecule has 0 bridgehead atoms. The minimum Gasteiger partial charge on any atom is -0.493 e. The highest BCUT2D eigenvalue weighted by Gasteiger charge is 2.35. The van der Waals surface area contributed by atoms with Gasteiger partial charge in [-0.2, -0.15) is 23.5 Å². The van der Waals surface area contributed by atoms with Crippen LogP contribution in [0, 0.1) is 25.2 Å². The van der Waals surface area contributed by atoms with Crippen LogP contribution < -0.4 is 4.74 Å². The Morgan fingerprint density at radius 3 is 2.61 bits per heavy atom. The quantitative estimate of drug-likeness (QED) is 0.391. The molecule has 0 radical (unpaired) electrons. The van der Waals surface area contributed by atoms with Gasteiger partial charge in [0.1, 0.15) is 17.3 Å². The number of benzene rings is 1. The van der Waals surface area contributed by atoms with E-state index in [0.29, 0.717) is 24.0 Å². The van der Waals surface area contributed by atoms with E-state index in [9.17, 15) is 18.4 Å². The molecule has 0 saturated carbocycles. The lowest BCUT2D eigenvalue weighted by Crippen LogP contribution is -2.11. The largest absolute Gasteiger partial charge is 0.493 e. The molecule has 0 aliphatic heterocycles. The standard InChI is InChI=1S/C23H21F3N6O/c1-14-9-15(2)32(30-14)7-4-8-33-21-6-5-16(10-17(21)23(24,25)26)18-11-20-22(19(12-27)29-18)28-13-31(20)3/h5-6,9-11,13H,4,7-8H2,1-3H3. The van der Waals surface area contributed by atoms with E-state index in [1.165, 1.54) is 18.5 Å². The summed E-state index contributed by atoms with van der Waals surface area (Å²) in [5.74, 6) is -0.248. The third-order valence-electron chi connectivity index (χ3n) is 5.27. The second-order valence-electron chi connectivity index (χ2n) is 7.75. The SMILES string of the molecule is Cc1cc(C)n(CCCOc2ccc(-c3cc4c(ncn4C)c(C#N)n3)cc2C(F)(F)F)n1. The average molecular weight is 454 g/mol. The summed E-state index contributed by atoms with van der Waals surface area (Å²) in [4.78, 5) is 8.36. The van der Waals surface area contributed by atoms with Crippen LogP contribution in [0.3, 0.4) is 0 Å². The van der Waals surface area contributed by atoms with Crippen molar-refractivity contribution in [3.8, 4) is 23.1 Å². The zero-order valence-electron chi connectivity index (χ0n) is 18.3. The van der Waals surface area contributed by atoms with Gasteiger partial charge in [-0.15, -0.1) is 0 Å². The maximum atomic E-state index is 13.8. The first kappa shape index (κ1) is 22.3. The fourth-order valence-corrected chi connectivity index (χ4v) is 3.69. The van der Waals surface area contributed by atoms with E-state index < -0.39 is 11.7 Å². The van der Waals surface area contributed by atoms with Crippen LogP contribution in [0.25, 0.3) is 22.3 Å². The Bertz CT molecular complexity index is 1360. The van der Waals surface area contributed by atoms with Crippen molar-refractivity contribution >= 4 is 11.0 Å². The smallest absolute Gasteiger partial charge is 0.419 e. The maximum absolute atomic E-state index is 13.8. The number of aromatic nitrogens is 5. The van der Waals surface area contributed by atoms with Crippen molar-refractivity contribution in [3.05, 3.63) is 59.3 Å². The first-order valence-electron chi connectivity index (χ1n) is 10.2. The number of hydrogen-bond acceptors (Lipinski definition) is 5. The summed E-state index contributed by atoms with van der Waals surface area (Å²) in [6.45, 7) is 4.47. The molecule has 3 heterocycles. The molecule has 4 aromatic rings. The molecule has 0 aliphatic carbocycles. The Hall–Kier alpha value is -3.87. The number of nitrogens with zero attached hydrogens (tertiary/aromatic N) is 6. The van der Waals surface area contributed by atoms with E-state index in [1.807, 2.05) is 26.0 Å². The predicted molar refractivity (Wildman–Crippen MR) is 115 cm³/mol. The molecule has 0 fully saturated rings. The molecule has 0 amide bonds. The Balaban J connectivity index is 1.60. The molecule has 33 heavy (non-hydrogen) atoms. The van der Waals surface area contributed by atoms with Crippen LogP contribution in [-0.4, -0.2) is 30.9 Å².